The molecule has 0 bridgehead atoms. The highest BCUT2D eigenvalue weighted by Gasteiger charge is 2.52. The van der Waals surface area contributed by atoms with E-state index in [1.165, 1.54) is 0 Å². The van der Waals surface area contributed by atoms with Gasteiger partial charge in [0, 0.05) is 12.3 Å². The first kappa shape index (κ1) is 22.5. The van der Waals surface area contributed by atoms with E-state index in [4.69, 9.17) is 9.47 Å². The highest BCUT2D eigenvalue weighted by molar-refractivity contribution is 6.00. The molecule has 7 heteroatoms. The van der Waals surface area contributed by atoms with Gasteiger partial charge in [-0.15, -0.1) is 0 Å². The first-order valence-corrected chi connectivity index (χ1v) is 10.2. The Hall–Kier alpha value is -3.19. The number of likely N-dealkylation sites (tertiary alicyclic amines) is 1. The van der Waals surface area contributed by atoms with E-state index in [1.54, 1.807) is 75.4 Å². The summed E-state index contributed by atoms with van der Waals surface area (Å²) in [7, 11) is 0. The van der Waals surface area contributed by atoms with Gasteiger partial charge in [0.05, 0.1) is 6.10 Å². The van der Waals surface area contributed by atoms with E-state index in [2.05, 4.69) is 0 Å². The van der Waals surface area contributed by atoms with Crippen LogP contribution in [-0.2, 0) is 25.7 Å². The summed E-state index contributed by atoms with van der Waals surface area (Å²) in [5, 5.41) is 10.9. The number of rotatable bonds is 5. The standard InChI is InChI=1S/C24H27NO6/c1-24(2,3)31-22(28)20-18(21(27)17-12-8-5-9-13-17)14-19(26)25(20)23(29)30-15-16-10-6-4-7-11-16/h4-13,18,20-21,27H,14-15H2,1-3H3/t18-,20-,21?/m0/s1. The Balaban J connectivity index is 1.85. The number of aliphatic hydroxyl groups is 1. The molecule has 1 N–H and O–H groups in total. The van der Waals surface area contributed by atoms with Crippen LogP contribution in [0.5, 0.6) is 0 Å². The molecule has 0 aliphatic carbocycles. The summed E-state index contributed by atoms with van der Waals surface area (Å²) in [6, 6.07) is 16.4. The number of hydrogen-bond acceptors (Lipinski definition) is 6. The number of benzene rings is 2. The molecule has 1 saturated heterocycles. The van der Waals surface area contributed by atoms with Crippen LogP contribution in [-0.4, -0.2) is 39.6 Å². The Morgan fingerprint density at radius 3 is 2.23 bits per heavy atom. The molecular formula is C24H27NO6. The van der Waals surface area contributed by atoms with Gasteiger partial charge in [0.25, 0.3) is 0 Å². The molecule has 0 saturated carbocycles. The average Bonchev–Trinajstić information content (AvgIpc) is 3.09. The third-order valence-corrected chi connectivity index (χ3v) is 4.96. The lowest BCUT2D eigenvalue weighted by Gasteiger charge is -2.30. The van der Waals surface area contributed by atoms with Crippen LogP contribution >= 0.6 is 0 Å². The van der Waals surface area contributed by atoms with Crippen LogP contribution in [0.1, 0.15) is 44.4 Å². The van der Waals surface area contributed by atoms with E-state index in [-0.39, 0.29) is 13.0 Å². The molecule has 2 aromatic carbocycles. The van der Waals surface area contributed by atoms with Gasteiger partial charge in [0.2, 0.25) is 5.91 Å². The minimum absolute atomic E-state index is 0.0452. The molecule has 0 spiro atoms. The maximum Gasteiger partial charge on any atom is 0.417 e. The highest BCUT2D eigenvalue weighted by Crippen LogP contribution is 2.37. The van der Waals surface area contributed by atoms with Crippen LogP contribution in [0.3, 0.4) is 0 Å². The fourth-order valence-electron chi connectivity index (χ4n) is 3.59. The van der Waals surface area contributed by atoms with Crippen LogP contribution in [0.15, 0.2) is 60.7 Å². The second-order valence-corrected chi connectivity index (χ2v) is 8.51. The van der Waals surface area contributed by atoms with E-state index >= 15 is 0 Å². The molecule has 1 aliphatic heterocycles. The molecule has 2 amide bonds. The summed E-state index contributed by atoms with van der Waals surface area (Å²) in [6.45, 7) is 5.05. The van der Waals surface area contributed by atoms with Crippen molar-refractivity contribution in [3.8, 4) is 0 Å². The average molecular weight is 425 g/mol. The molecule has 1 fully saturated rings. The molecule has 1 unspecified atom stereocenters. The number of carbonyl (C=O) groups excluding carboxylic acids is 3. The van der Waals surface area contributed by atoms with E-state index in [0.29, 0.717) is 5.56 Å². The van der Waals surface area contributed by atoms with Gasteiger partial charge in [0.15, 0.2) is 0 Å². The number of imide groups is 1. The normalized spacial score (nSPS) is 19.7. The highest BCUT2D eigenvalue weighted by atomic mass is 16.6. The topological polar surface area (TPSA) is 93.1 Å². The third kappa shape index (κ3) is 5.49. The van der Waals surface area contributed by atoms with Crippen LogP contribution in [0.2, 0.25) is 0 Å². The molecule has 3 atom stereocenters. The van der Waals surface area contributed by atoms with Crippen molar-refractivity contribution >= 4 is 18.0 Å². The number of nitrogens with zero attached hydrogens (tertiary/aromatic N) is 1. The van der Waals surface area contributed by atoms with Crippen LogP contribution in [0, 0.1) is 5.92 Å². The monoisotopic (exact) mass is 425 g/mol. The molecular weight excluding hydrogens is 398 g/mol. The second-order valence-electron chi connectivity index (χ2n) is 8.51. The van der Waals surface area contributed by atoms with E-state index in [0.717, 1.165) is 10.5 Å². The predicted molar refractivity (Wildman–Crippen MR) is 113 cm³/mol. The zero-order chi connectivity index (χ0) is 22.6. The Morgan fingerprint density at radius 2 is 1.65 bits per heavy atom. The van der Waals surface area contributed by atoms with Crippen LogP contribution in [0.4, 0.5) is 4.79 Å². The first-order valence-electron chi connectivity index (χ1n) is 10.2. The van der Waals surface area contributed by atoms with E-state index in [1.807, 2.05) is 6.07 Å². The van der Waals surface area contributed by atoms with Gasteiger partial charge in [-0.2, -0.15) is 0 Å². The predicted octanol–water partition coefficient (Wildman–Crippen LogP) is 3.62. The minimum atomic E-state index is -1.29. The Kier molecular flexibility index (Phi) is 6.75. The first-order chi connectivity index (χ1) is 14.7. The van der Waals surface area contributed by atoms with Gasteiger partial charge in [-0.3, -0.25) is 4.79 Å². The number of hydrogen-bond donors (Lipinski definition) is 1. The molecule has 2 aromatic rings. The molecule has 1 heterocycles. The summed E-state index contributed by atoms with van der Waals surface area (Å²) in [5.41, 5.74) is 0.468. The smallest absolute Gasteiger partial charge is 0.417 e. The fourth-order valence-corrected chi connectivity index (χ4v) is 3.59. The van der Waals surface area contributed by atoms with Gasteiger partial charge in [-0.05, 0) is 31.9 Å². The largest absolute Gasteiger partial charge is 0.458 e. The van der Waals surface area contributed by atoms with Crippen LogP contribution in [0.25, 0.3) is 0 Å². The number of amides is 2. The van der Waals surface area contributed by atoms with Gasteiger partial charge in [-0.25, -0.2) is 14.5 Å². The van der Waals surface area contributed by atoms with Crippen molar-refractivity contribution in [2.24, 2.45) is 5.92 Å². The van der Waals surface area contributed by atoms with Crippen molar-refractivity contribution in [2.75, 3.05) is 0 Å². The van der Waals surface area contributed by atoms with E-state index < -0.39 is 41.6 Å². The third-order valence-electron chi connectivity index (χ3n) is 4.96. The van der Waals surface area contributed by atoms with Crippen molar-refractivity contribution < 1.29 is 29.0 Å². The lowest BCUT2D eigenvalue weighted by Crippen LogP contribution is -2.48. The zero-order valence-electron chi connectivity index (χ0n) is 17.9. The molecule has 7 nitrogen and oxygen atoms in total. The van der Waals surface area contributed by atoms with Gasteiger partial charge >= 0.3 is 12.1 Å². The molecule has 164 valence electrons. The summed E-state index contributed by atoms with van der Waals surface area (Å²) in [5.74, 6) is -2.20. The summed E-state index contributed by atoms with van der Waals surface area (Å²) in [4.78, 5) is 39.4. The zero-order valence-corrected chi connectivity index (χ0v) is 17.9. The fraction of sp³-hybridized carbons (Fsp3) is 0.375. The van der Waals surface area contributed by atoms with Crippen molar-refractivity contribution in [3.05, 3.63) is 71.8 Å². The van der Waals surface area contributed by atoms with Crippen molar-refractivity contribution in [1.29, 1.82) is 0 Å². The van der Waals surface area contributed by atoms with Crippen LogP contribution < -0.4 is 0 Å². The lowest BCUT2D eigenvalue weighted by molar-refractivity contribution is -0.163. The quantitative estimate of drug-likeness (QED) is 0.736. The molecule has 0 aromatic heterocycles. The second kappa shape index (κ2) is 9.31. The number of aliphatic hydroxyl groups excluding tert-OH is 1. The maximum atomic E-state index is 13.0. The number of ether oxygens (including phenoxy) is 2. The van der Waals surface area contributed by atoms with E-state index in [9.17, 15) is 19.5 Å². The summed E-state index contributed by atoms with van der Waals surface area (Å²) < 4.78 is 10.8. The van der Waals surface area contributed by atoms with Gasteiger partial charge < -0.3 is 14.6 Å². The Morgan fingerprint density at radius 1 is 1.06 bits per heavy atom. The molecule has 0 radical (unpaired) electrons. The van der Waals surface area contributed by atoms with Crippen molar-refractivity contribution in [3.63, 3.8) is 0 Å². The molecule has 3 rings (SSSR count). The number of esters is 1. The van der Waals surface area contributed by atoms with Crippen molar-refractivity contribution in [2.45, 2.75) is 51.5 Å². The molecule has 31 heavy (non-hydrogen) atoms. The SMILES string of the molecule is CC(C)(C)OC(=O)[C@@H]1[C@@H](C(O)c2ccccc2)CC(=O)N1C(=O)OCc1ccccc1. The lowest BCUT2D eigenvalue weighted by atomic mass is 9.89. The minimum Gasteiger partial charge on any atom is -0.458 e. The number of carbonyl (C=O) groups is 3. The maximum absolute atomic E-state index is 13.0. The van der Waals surface area contributed by atoms with Crippen molar-refractivity contribution in [1.82, 2.24) is 4.90 Å². The van der Waals surface area contributed by atoms with Gasteiger partial charge in [0.1, 0.15) is 18.2 Å². The summed E-state index contributed by atoms with van der Waals surface area (Å²) >= 11 is 0. The Bertz CT molecular complexity index is 922. The molecule has 1 aliphatic rings. The van der Waals surface area contributed by atoms with Gasteiger partial charge in [-0.1, -0.05) is 60.7 Å². The summed E-state index contributed by atoms with van der Waals surface area (Å²) in [6.07, 6.45) is -2.25. The Labute approximate surface area is 181 Å².